The lowest BCUT2D eigenvalue weighted by atomic mass is 10.1. The summed E-state index contributed by atoms with van der Waals surface area (Å²) in [6.07, 6.45) is 1.60. The van der Waals surface area contributed by atoms with Crippen LogP contribution in [0, 0.1) is 0 Å². The van der Waals surface area contributed by atoms with Gasteiger partial charge in [0, 0.05) is 16.3 Å². The van der Waals surface area contributed by atoms with Gasteiger partial charge in [0.05, 0.1) is 21.2 Å². The van der Waals surface area contributed by atoms with Crippen LogP contribution in [0.15, 0.2) is 56.0 Å². The third kappa shape index (κ3) is 3.61. The van der Waals surface area contributed by atoms with E-state index in [0.29, 0.717) is 6.54 Å². The fraction of sp³-hybridized carbons (Fsp3) is 0.118. The Bertz CT molecular complexity index is 1030. The van der Waals surface area contributed by atoms with E-state index in [0.717, 1.165) is 26.7 Å². The maximum absolute atomic E-state index is 11.4. The van der Waals surface area contributed by atoms with Gasteiger partial charge in [-0.2, -0.15) is 8.42 Å². The van der Waals surface area contributed by atoms with Crippen molar-refractivity contribution in [1.29, 1.82) is 0 Å². The third-order valence-electron chi connectivity index (χ3n) is 3.89. The predicted molar refractivity (Wildman–Crippen MR) is 106 cm³/mol. The van der Waals surface area contributed by atoms with Gasteiger partial charge in [0.2, 0.25) is 0 Å². The van der Waals surface area contributed by atoms with Crippen molar-refractivity contribution < 1.29 is 17.8 Å². The first kappa shape index (κ1) is 18.8. The minimum absolute atomic E-state index is 0.139. The number of anilines is 2. The van der Waals surface area contributed by atoms with E-state index in [2.05, 4.69) is 12.6 Å². The number of rotatable bonds is 4. The maximum atomic E-state index is 11.4. The lowest BCUT2D eigenvalue weighted by Crippen LogP contribution is -2.20. The van der Waals surface area contributed by atoms with E-state index in [1.807, 2.05) is 30.0 Å². The highest BCUT2D eigenvalue weighted by atomic mass is 32.2. The lowest BCUT2D eigenvalue weighted by Gasteiger charge is -2.32. The molecule has 1 amide bonds. The van der Waals surface area contributed by atoms with Crippen LogP contribution in [0.2, 0.25) is 0 Å². The van der Waals surface area contributed by atoms with Crippen LogP contribution in [0.3, 0.4) is 0 Å². The summed E-state index contributed by atoms with van der Waals surface area (Å²) < 4.78 is 32.2. The van der Waals surface area contributed by atoms with E-state index < -0.39 is 16.0 Å². The molecule has 1 heterocycles. The molecule has 0 aliphatic carbocycles. The Hall–Kier alpha value is -1.94. The van der Waals surface area contributed by atoms with Crippen molar-refractivity contribution in [1.82, 2.24) is 0 Å². The molecule has 0 fully saturated rings. The summed E-state index contributed by atoms with van der Waals surface area (Å²) in [5, 5.41) is 0. The number of nitrogens with two attached hydrogens (primary N) is 1. The summed E-state index contributed by atoms with van der Waals surface area (Å²) in [6.45, 7) is 2.57. The second-order valence-corrected chi connectivity index (χ2v) is 8.56. The Balaban J connectivity index is 2.08. The summed E-state index contributed by atoms with van der Waals surface area (Å²) in [6, 6.07) is 10.2. The minimum atomic E-state index is -4.27. The normalized spacial score (nSPS) is 14.0. The molecule has 0 bridgehead atoms. The zero-order chi connectivity index (χ0) is 19.1. The van der Waals surface area contributed by atoms with Gasteiger partial charge in [0.1, 0.15) is 0 Å². The van der Waals surface area contributed by atoms with Crippen LogP contribution in [-0.2, 0) is 14.9 Å². The summed E-state index contributed by atoms with van der Waals surface area (Å²) in [5.74, 6) is -0.600. The van der Waals surface area contributed by atoms with Crippen LogP contribution < -0.4 is 10.6 Å². The maximum Gasteiger partial charge on any atom is 0.294 e. The molecule has 26 heavy (non-hydrogen) atoms. The number of hydrogen-bond acceptors (Lipinski definition) is 6. The molecule has 136 valence electrons. The van der Waals surface area contributed by atoms with E-state index in [1.54, 1.807) is 12.1 Å². The van der Waals surface area contributed by atoms with Crippen LogP contribution in [0.5, 0.6) is 0 Å². The monoisotopic (exact) mass is 408 g/mol. The fourth-order valence-corrected chi connectivity index (χ4v) is 4.47. The van der Waals surface area contributed by atoms with Crippen molar-refractivity contribution in [3.63, 3.8) is 0 Å². The number of amides is 1. The molecule has 1 aliphatic rings. The average Bonchev–Trinajstić information content (AvgIpc) is 2.58. The summed E-state index contributed by atoms with van der Waals surface area (Å²) in [4.78, 5) is 15.0. The first-order valence-electron chi connectivity index (χ1n) is 7.62. The van der Waals surface area contributed by atoms with E-state index in [9.17, 15) is 17.8 Å². The van der Waals surface area contributed by atoms with Crippen LogP contribution in [0.25, 0.3) is 6.08 Å². The highest BCUT2D eigenvalue weighted by Crippen LogP contribution is 2.49. The van der Waals surface area contributed by atoms with E-state index in [1.165, 1.54) is 23.9 Å². The molecule has 3 N–H and O–H groups in total. The van der Waals surface area contributed by atoms with E-state index >= 15 is 0 Å². The molecule has 9 heteroatoms. The van der Waals surface area contributed by atoms with Crippen LogP contribution in [0.4, 0.5) is 11.4 Å². The summed E-state index contributed by atoms with van der Waals surface area (Å²) >= 11 is 5.55. The predicted octanol–water partition coefficient (Wildman–Crippen LogP) is 3.31. The van der Waals surface area contributed by atoms with Crippen molar-refractivity contribution in [2.24, 2.45) is 5.73 Å². The van der Waals surface area contributed by atoms with Gasteiger partial charge >= 0.3 is 0 Å². The van der Waals surface area contributed by atoms with Crippen LogP contribution >= 0.6 is 24.4 Å². The van der Waals surface area contributed by atoms with E-state index in [-0.39, 0.29) is 9.80 Å². The van der Waals surface area contributed by atoms with Gasteiger partial charge in [-0.05, 0) is 48.9 Å². The SMILES string of the molecule is CCN1c2ccc(/C=C(\S)C(N)=O)cc2Sc2ccc(S(=O)(=O)O)cc21. The molecule has 0 radical (unpaired) electrons. The fourth-order valence-electron chi connectivity index (χ4n) is 2.70. The topological polar surface area (TPSA) is 101 Å². The lowest BCUT2D eigenvalue weighted by molar-refractivity contribution is -0.113. The molecule has 3 rings (SSSR count). The number of benzene rings is 2. The number of carbonyl (C=O) groups is 1. The molecule has 1 aliphatic heterocycles. The molecule has 0 saturated carbocycles. The van der Waals surface area contributed by atoms with Crippen LogP contribution in [0.1, 0.15) is 12.5 Å². The number of nitrogens with zero attached hydrogens (tertiary/aromatic N) is 1. The molecule has 0 aromatic heterocycles. The van der Waals surface area contributed by atoms with Crippen molar-refractivity contribution in [3.05, 3.63) is 46.9 Å². The molecule has 0 saturated heterocycles. The standard InChI is InChI=1S/C17H16N2O4S3/c1-2-19-12-5-3-10(7-14(24)17(18)20)8-16(12)25-15-6-4-11(9-13(15)19)26(21,22)23/h3-9,24H,2H2,1H3,(H2,18,20)(H,21,22,23)/b14-7-. The minimum Gasteiger partial charge on any atom is -0.365 e. The van der Waals surface area contributed by atoms with Gasteiger partial charge < -0.3 is 10.6 Å². The Labute approximate surface area is 161 Å². The number of primary amides is 1. The smallest absolute Gasteiger partial charge is 0.294 e. The second kappa shape index (κ2) is 6.99. The van der Waals surface area contributed by atoms with Gasteiger partial charge in [-0.3, -0.25) is 9.35 Å². The zero-order valence-electron chi connectivity index (χ0n) is 13.7. The highest BCUT2D eigenvalue weighted by Gasteiger charge is 2.24. The molecule has 6 nitrogen and oxygen atoms in total. The zero-order valence-corrected chi connectivity index (χ0v) is 16.2. The van der Waals surface area contributed by atoms with Gasteiger partial charge in [-0.15, -0.1) is 12.6 Å². The largest absolute Gasteiger partial charge is 0.365 e. The summed E-state index contributed by atoms with van der Waals surface area (Å²) in [7, 11) is -4.27. The van der Waals surface area contributed by atoms with Gasteiger partial charge in [-0.25, -0.2) is 0 Å². The molecule has 0 atom stereocenters. The second-order valence-electron chi connectivity index (χ2n) is 5.57. The number of hydrogen-bond donors (Lipinski definition) is 3. The molecule has 2 aromatic rings. The van der Waals surface area contributed by atoms with Crippen molar-refractivity contribution in [3.8, 4) is 0 Å². The van der Waals surface area contributed by atoms with Crippen molar-refractivity contribution in [2.75, 3.05) is 11.4 Å². The van der Waals surface area contributed by atoms with Crippen molar-refractivity contribution in [2.45, 2.75) is 21.6 Å². The molecule has 0 spiro atoms. The van der Waals surface area contributed by atoms with Crippen LogP contribution in [-0.4, -0.2) is 25.4 Å². The Kier molecular flexibility index (Phi) is 5.07. The first-order valence-corrected chi connectivity index (χ1v) is 10.3. The Morgan fingerprint density at radius 1 is 1.23 bits per heavy atom. The first-order chi connectivity index (χ1) is 12.2. The molecular formula is C17H16N2O4S3. The Morgan fingerprint density at radius 3 is 2.58 bits per heavy atom. The molecular weight excluding hydrogens is 392 g/mol. The average molecular weight is 409 g/mol. The van der Waals surface area contributed by atoms with Gasteiger partial charge in [-0.1, -0.05) is 17.8 Å². The quantitative estimate of drug-likeness (QED) is 0.408. The number of fused-ring (bicyclic) bond motifs is 2. The van der Waals surface area contributed by atoms with Crippen molar-refractivity contribution >= 4 is 57.9 Å². The Morgan fingerprint density at radius 2 is 1.96 bits per heavy atom. The number of carbonyl (C=O) groups excluding carboxylic acids is 1. The van der Waals surface area contributed by atoms with Gasteiger partial charge in [0.15, 0.2) is 0 Å². The van der Waals surface area contributed by atoms with Gasteiger partial charge in [0.25, 0.3) is 16.0 Å². The molecule has 2 aromatic carbocycles. The molecule has 0 unspecified atom stereocenters. The summed E-state index contributed by atoms with van der Waals surface area (Å²) in [5.41, 5.74) is 7.63. The van der Waals surface area contributed by atoms with E-state index in [4.69, 9.17) is 5.73 Å². The number of thiol groups is 1. The third-order valence-corrected chi connectivity index (χ3v) is 6.20. The highest BCUT2D eigenvalue weighted by molar-refractivity contribution is 7.99.